The van der Waals surface area contributed by atoms with Crippen LogP contribution < -0.4 is 6.15 Å². The number of hydrogen-bond acceptors (Lipinski definition) is 6. The summed E-state index contributed by atoms with van der Waals surface area (Å²) in [5, 5.41) is 26.9. The quantitative estimate of drug-likeness (QED) is 0.519. The fourth-order valence-corrected chi connectivity index (χ4v) is 4.74. The van der Waals surface area contributed by atoms with E-state index in [0.717, 1.165) is 62.5 Å². The Bertz CT molecular complexity index is 681. The van der Waals surface area contributed by atoms with Crippen molar-refractivity contribution in [2.24, 2.45) is 15.4 Å². The molecule has 1 heterocycles. The van der Waals surface area contributed by atoms with E-state index in [2.05, 4.69) is 15.4 Å². The summed E-state index contributed by atoms with van der Waals surface area (Å²) in [5.74, 6) is 0. The summed E-state index contributed by atoms with van der Waals surface area (Å²) < 4.78 is 0. The highest BCUT2D eigenvalue weighted by molar-refractivity contribution is 5.72. The SMILES string of the molecule is Cc1ccc(C2([N+]([O-])(OC3CCCCC3)C3CCCCC3)C=NN=N2)cc1.N. The second-order valence-corrected chi connectivity index (χ2v) is 8.28. The van der Waals surface area contributed by atoms with Gasteiger partial charge < -0.3 is 11.4 Å². The second-order valence-electron chi connectivity index (χ2n) is 8.28. The lowest BCUT2D eigenvalue weighted by molar-refractivity contribution is -1.13. The third-order valence-corrected chi connectivity index (χ3v) is 6.35. The Labute approximate surface area is 167 Å². The third-order valence-electron chi connectivity index (χ3n) is 6.35. The van der Waals surface area contributed by atoms with Crippen molar-refractivity contribution in [2.75, 3.05) is 0 Å². The first-order valence-corrected chi connectivity index (χ1v) is 10.5. The van der Waals surface area contributed by atoms with Crippen LogP contribution in [0.2, 0.25) is 0 Å². The smallest absolute Gasteiger partial charge is 0.307 e. The summed E-state index contributed by atoms with van der Waals surface area (Å²) in [6.45, 7) is 2.04. The van der Waals surface area contributed by atoms with Crippen LogP contribution in [0.5, 0.6) is 0 Å². The maximum atomic E-state index is 14.6. The molecule has 2 aliphatic carbocycles. The highest BCUT2D eigenvalue weighted by Crippen LogP contribution is 2.45. The molecule has 0 spiro atoms. The molecular weight excluding hydrogens is 354 g/mol. The van der Waals surface area contributed by atoms with Crippen LogP contribution in [0, 0.1) is 12.1 Å². The van der Waals surface area contributed by atoms with Crippen molar-refractivity contribution in [2.45, 2.75) is 88.9 Å². The lowest BCUT2D eigenvalue weighted by Gasteiger charge is -2.54. The van der Waals surface area contributed by atoms with E-state index in [0.29, 0.717) is 0 Å². The molecule has 1 aliphatic heterocycles. The van der Waals surface area contributed by atoms with Gasteiger partial charge in [0.1, 0.15) is 18.4 Å². The van der Waals surface area contributed by atoms with E-state index in [1.807, 2.05) is 31.2 Å². The van der Waals surface area contributed by atoms with Crippen LogP contribution in [-0.4, -0.2) is 23.2 Å². The highest BCUT2D eigenvalue weighted by atomic mass is 16.9. The van der Waals surface area contributed by atoms with E-state index in [-0.39, 0.29) is 18.3 Å². The fourth-order valence-electron chi connectivity index (χ4n) is 4.74. The molecule has 2 fully saturated rings. The van der Waals surface area contributed by atoms with Gasteiger partial charge in [0.25, 0.3) is 0 Å². The van der Waals surface area contributed by atoms with Gasteiger partial charge in [0.15, 0.2) is 0 Å². The van der Waals surface area contributed by atoms with E-state index in [1.54, 1.807) is 6.21 Å². The molecular formula is C21H33N5O2. The van der Waals surface area contributed by atoms with E-state index in [9.17, 15) is 5.21 Å². The Kier molecular flexibility index (Phi) is 6.60. The highest BCUT2D eigenvalue weighted by Gasteiger charge is 2.56. The summed E-state index contributed by atoms with van der Waals surface area (Å²) in [6.07, 6.45) is 12.1. The number of rotatable bonds is 5. The molecule has 28 heavy (non-hydrogen) atoms. The number of hydrogen-bond donors (Lipinski definition) is 1. The number of quaternary nitrogens is 1. The lowest BCUT2D eigenvalue weighted by Crippen LogP contribution is -2.64. The van der Waals surface area contributed by atoms with Crippen molar-refractivity contribution in [3.05, 3.63) is 40.6 Å². The van der Waals surface area contributed by atoms with Gasteiger partial charge in [-0.1, -0.05) is 48.5 Å². The summed E-state index contributed by atoms with van der Waals surface area (Å²) in [5.41, 5.74) is 0.734. The van der Waals surface area contributed by atoms with Gasteiger partial charge >= 0.3 is 5.66 Å². The number of hydroxylamine groups is 4. The first-order valence-electron chi connectivity index (χ1n) is 10.5. The van der Waals surface area contributed by atoms with Crippen molar-refractivity contribution in [1.82, 2.24) is 6.15 Å². The zero-order valence-electron chi connectivity index (χ0n) is 16.9. The van der Waals surface area contributed by atoms with Gasteiger partial charge in [0, 0.05) is 18.4 Å². The molecule has 1 aromatic carbocycles. The van der Waals surface area contributed by atoms with Crippen molar-refractivity contribution in [3.63, 3.8) is 0 Å². The molecule has 3 aliphatic rings. The molecule has 0 radical (unpaired) electrons. The van der Waals surface area contributed by atoms with Crippen LogP contribution >= 0.6 is 0 Å². The summed E-state index contributed by atoms with van der Waals surface area (Å²) in [7, 11) is 0. The third kappa shape index (κ3) is 3.76. The first kappa shape index (κ1) is 21.0. The van der Waals surface area contributed by atoms with Crippen LogP contribution in [0.15, 0.2) is 39.7 Å². The van der Waals surface area contributed by atoms with Gasteiger partial charge in [-0.2, -0.15) is 9.65 Å². The van der Waals surface area contributed by atoms with Gasteiger partial charge in [-0.15, -0.1) is 5.10 Å². The van der Waals surface area contributed by atoms with Gasteiger partial charge in [-0.05, 0) is 50.0 Å². The monoisotopic (exact) mass is 387 g/mol. The summed E-state index contributed by atoms with van der Waals surface area (Å²) in [4.78, 5) is 5.63. The van der Waals surface area contributed by atoms with Crippen LogP contribution in [0.25, 0.3) is 0 Å². The van der Waals surface area contributed by atoms with Crippen molar-refractivity contribution in [1.29, 1.82) is 0 Å². The van der Waals surface area contributed by atoms with Gasteiger partial charge in [0.05, 0.1) is 0 Å². The summed E-state index contributed by atoms with van der Waals surface area (Å²) >= 11 is 0. The van der Waals surface area contributed by atoms with Crippen LogP contribution in [-0.2, 0) is 10.5 Å². The molecule has 0 amide bonds. The van der Waals surface area contributed by atoms with Crippen molar-refractivity contribution >= 4 is 6.21 Å². The second kappa shape index (κ2) is 8.78. The molecule has 2 saturated carbocycles. The molecule has 4 rings (SSSR count). The Morgan fingerprint density at radius 2 is 1.57 bits per heavy atom. The Balaban J connectivity index is 0.00000225. The molecule has 7 nitrogen and oxygen atoms in total. The first-order chi connectivity index (χ1) is 13.1. The van der Waals surface area contributed by atoms with Crippen LogP contribution in [0.4, 0.5) is 0 Å². The van der Waals surface area contributed by atoms with E-state index in [4.69, 9.17) is 4.84 Å². The predicted molar refractivity (Wildman–Crippen MR) is 110 cm³/mol. The topological polar surface area (TPSA) is 104 Å². The van der Waals surface area contributed by atoms with E-state index < -0.39 is 10.5 Å². The molecule has 3 N–H and O–H groups in total. The van der Waals surface area contributed by atoms with Crippen molar-refractivity contribution < 1.29 is 9.65 Å². The lowest BCUT2D eigenvalue weighted by atomic mass is 9.90. The molecule has 0 bridgehead atoms. The molecule has 0 aromatic heterocycles. The molecule has 7 heteroatoms. The normalized spacial score (nSPS) is 28.1. The predicted octanol–water partition coefficient (Wildman–Crippen LogP) is 5.67. The average molecular weight is 388 g/mol. The summed E-state index contributed by atoms with van der Waals surface area (Å²) in [6, 6.07) is 7.85. The van der Waals surface area contributed by atoms with Gasteiger partial charge in [0.2, 0.25) is 0 Å². The Morgan fingerprint density at radius 1 is 0.964 bits per heavy atom. The molecule has 2 unspecified atom stereocenters. The van der Waals surface area contributed by atoms with Crippen LogP contribution in [0.1, 0.15) is 75.3 Å². The number of benzene rings is 1. The Hall–Kier alpha value is -1.67. The Morgan fingerprint density at radius 3 is 2.14 bits per heavy atom. The maximum absolute atomic E-state index is 14.6. The molecule has 1 aromatic rings. The van der Waals surface area contributed by atoms with Gasteiger partial charge in [-0.25, -0.2) is 0 Å². The average Bonchev–Trinajstić information content (AvgIpc) is 3.21. The zero-order valence-corrected chi connectivity index (χ0v) is 16.9. The van der Waals surface area contributed by atoms with Crippen molar-refractivity contribution in [3.8, 4) is 0 Å². The van der Waals surface area contributed by atoms with Crippen LogP contribution in [0.3, 0.4) is 0 Å². The largest absolute Gasteiger partial charge is 0.596 e. The van der Waals surface area contributed by atoms with Gasteiger partial charge in [-0.3, -0.25) is 0 Å². The minimum Gasteiger partial charge on any atom is -0.596 e. The minimum atomic E-state index is -1.23. The zero-order chi connectivity index (χ0) is 18.7. The van der Waals surface area contributed by atoms with E-state index >= 15 is 0 Å². The number of aryl methyl sites for hydroxylation is 1. The van der Waals surface area contributed by atoms with E-state index in [1.165, 1.54) is 12.8 Å². The molecule has 2 atom stereocenters. The minimum absolute atomic E-state index is 0. The maximum Gasteiger partial charge on any atom is 0.307 e. The fraction of sp³-hybridized carbons (Fsp3) is 0.667. The standard InChI is InChI=1S/C21H30N4O2.H3N/c1-17-12-14-18(15-13-17)21(16-22-24-23-21)25(26,19-8-4-2-5-9-19)27-20-10-6-3-7-11-20;/h12-16,19-20H,2-11H2,1H3;1H3. The molecule has 154 valence electrons. The number of nitrogens with zero attached hydrogens (tertiary/aromatic N) is 4. The molecule has 0 saturated heterocycles.